The summed E-state index contributed by atoms with van der Waals surface area (Å²) in [4.78, 5) is 31.5. The van der Waals surface area contributed by atoms with Crippen molar-refractivity contribution in [2.24, 2.45) is 0 Å². The van der Waals surface area contributed by atoms with Crippen LogP contribution in [0.3, 0.4) is 0 Å². The molecule has 0 radical (unpaired) electrons. The lowest BCUT2D eigenvalue weighted by molar-refractivity contribution is -0.385. The quantitative estimate of drug-likeness (QED) is 0.668. The third-order valence-electron chi connectivity index (χ3n) is 2.83. The van der Waals surface area contributed by atoms with Crippen molar-refractivity contribution in [1.29, 1.82) is 0 Å². The molecule has 0 saturated carbocycles. The van der Waals surface area contributed by atoms with Crippen LogP contribution in [0, 0.1) is 10.1 Å². The first-order chi connectivity index (χ1) is 9.99. The van der Waals surface area contributed by atoms with Crippen molar-refractivity contribution in [1.82, 2.24) is 14.9 Å². The Morgan fingerprint density at radius 2 is 2.24 bits per heavy atom. The Balaban J connectivity index is 2.23. The molecule has 21 heavy (non-hydrogen) atoms. The number of hydrogen-bond donors (Lipinski definition) is 1. The van der Waals surface area contributed by atoms with Gasteiger partial charge in [-0.05, 0) is 11.6 Å². The first-order valence-electron chi connectivity index (χ1n) is 6.03. The lowest BCUT2D eigenvalue weighted by Gasteiger charge is -2.17. The molecule has 0 bridgehead atoms. The van der Waals surface area contributed by atoms with Crippen LogP contribution in [0.5, 0.6) is 0 Å². The summed E-state index contributed by atoms with van der Waals surface area (Å²) in [6.07, 6.45) is 4.29. The minimum atomic E-state index is -0.621. The van der Waals surface area contributed by atoms with E-state index in [1.807, 2.05) is 6.07 Å². The van der Waals surface area contributed by atoms with E-state index in [9.17, 15) is 14.9 Å². The standard InChI is InChI=1S/C13H13N5O3/c1-17(8-9-3-2-4-15-6-9)13(19)11-5-10(18(20)21)7-16-12(11)14/h2-7H,8H2,1H3,(H2,14,16). The van der Waals surface area contributed by atoms with E-state index in [-0.39, 0.29) is 17.1 Å². The highest BCUT2D eigenvalue weighted by Crippen LogP contribution is 2.18. The largest absolute Gasteiger partial charge is 0.383 e. The lowest BCUT2D eigenvalue weighted by atomic mass is 10.2. The van der Waals surface area contributed by atoms with Gasteiger partial charge in [-0.1, -0.05) is 6.07 Å². The SMILES string of the molecule is CN(Cc1cccnc1)C(=O)c1cc([N+](=O)[O-])cnc1N. The van der Waals surface area contributed by atoms with E-state index in [0.717, 1.165) is 17.8 Å². The highest BCUT2D eigenvalue weighted by molar-refractivity contribution is 5.98. The molecule has 0 aliphatic rings. The normalized spacial score (nSPS) is 10.1. The average Bonchev–Trinajstić information content (AvgIpc) is 2.47. The zero-order valence-electron chi connectivity index (χ0n) is 11.3. The number of rotatable bonds is 4. The van der Waals surface area contributed by atoms with Crippen LogP contribution in [-0.2, 0) is 6.54 Å². The number of nitrogens with two attached hydrogens (primary N) is 1. The fourth-order valence-corrected chi connectivity index (χ4v) is 1.78. The molecule has 0 aliphatic heterocycles. The second kappa shape index (κ2) is 5.95. The number of carbonyl (C=O) groups is 1. The van der Waals surface area contributed by atoms with E-state index < -0.39 is 10.8 Å². The van der Waals surface area contributed by atoms with Gasteiger partial charge < -0.3 is 10.6 Å². The van der Waals surface area contributed by atoms with E-state index in [0.29, 0.717) is 6.54 Å². The van der Waals surface area contributed by atoms with Crippen molar-refractivity contribution in [2.45, 2.75) is 6.54 Å². The van der Waals surface area contributed by atoms with Gasteiger partial charge in [-0.3, -0.25) is 19.9 Å². The molecule has 8 heteroatoms. The maximum atomic E-state index is 12.3. The molecule has 0 saturated heterocycles. The number of aromatic nitrogens is 2. The second-order valence-corrected chi connectivity index (χ2v) is 4.41. The Morgan fingerprint density at radius 1 is 1.48 bits per heavy atom. The fraction of sp³-hybridized carbons (Fsp3) is 0.154. The number of nitrogens with zero attached hydrogens (tertiary/aromatic N) is 4. The summed E-state index contributed by atoms with van der Waals surface area (Å²) >= 11 is 0. The number of pyridine rings is 2. The molecule has 2 heterocycles. The smallest absolute Gasteiger partial charge is 0.288 e. The van der Waals surface area contributed by atoms with Crippen LogP contribution in [0.15, 0.2) is 36.8 Å². The minimum absolute atomic E-state index is 0.00981. The van der Waals surface area contributed by atoms with Crippen molar-refractivity contribution >= 4 is 17.4 Å². The number of carbonyl (C=O) groups excluding carboxylic acids is 1. The Hall–Kier alpha value is -3.03. The van der Waals surface area contributed by atoms with Gasteiger partial charge in [0, 0.05) is 32.1 Å². The van der Waals surface area contributed by atoms with E-state index >= 15 is 0 Å². The molecule has 2 aromatic rings. The molecule has 2 N–H and O–H groups in total. The van der Waals surface area contributed by atoms with Crippen LogP contribution in [-0.4, -0.2) is 32.7 Å². The number of hydrogen-bond acceptors (Lipinski definition) is 6. The molecule has 0 spiro atoms. The molecule has 108 valence electrons. The molecule has 0 atom stereocenters. The van der Waals surface area contributed by atoms with Crippen molar-refractivity contribution in [3.05, 3.63) is 58.0 Å². The summed E-state index contributed by atoms with van der Waals surface area (Å²) in [7, 11) is 1.58. The number of nitro groups is 1. The minimum Gasteiger partial charge on any atom is -0.383 e. The zero-order valence-corrected chi connectivity index (χ0v) is 11.3. The van der Waals surface area contributed by atoms with E-state index in [2.05, 4.69) is 9.97 Å². The predicted molar refractivity (Wildman–Crippen MR) is 75.3 cm³/mol. The molecule has 0 fully saturated rings. The molecular formula is C13H13N5O3. The molecule has 2 aromatic heterocycles. The van der Waals surface area contributed by atoms with Crippen molar-refractivity contribution in [3.8, 4) is 0 Å². The second-order valence-electron chi connectivity index (χ2n) is 4.41. The highest BCUT2D eigenvalue weighted by atomic mass is 16.6. The maximum absolute atomic E-state index is 12.3. The first kappa shape index (κ1) is 14.4. The molecule has 2 rings (SSSR count). The van der Waals surface area contributed by atoms with E-state index in [4.69, 9.17) is 5.73 Å². The summed E-state index contributed by atoms with van der Waals surface area (Å²) in [5.41, 5.74) is 6.20. The van der Waals surface area contributed by atoms with Gasteiger partial charge in [-0.25, -0.2) is 4.98 Å². The van der Waals surface area contributed by atoms with Crippen LogP contribution in [0.4, 0.5) is 11.5 Å². The fourth-order valence-electron chi connectivity index (χ4n) is 1.78. The average molecular weight is 287 g/mol. The van der Waals surface area contributed by atoms with Crippen LogP contribution < -0.4 is 5.73 Å². The molecule has 0 aliphatic carbocycles. The predicted octanol–water partition coefficient (Wildman–Crippen LogP) is 1.24. The number of anilines is 1. The lowest BCUT2D eigenvalue weighted by Crippen LogP contribution is -2.27. The summed E-state index contributed by atoms with van der Waals surface area (Å²) in [6.45, 7) is 0.314. The first-order valence-corrected chi connectivity index (χ1v) is 6.03. The van der Waals surface area contributed by atoms with Gasteiger partial charge in [0.2, 0.25) is 0 Å². The summed E-state index contributed by atoms with van der Waals surface area (Å²) < 4.78 is 0. The Labute approximate surface area is 120 Å². The van der Waals surface area contributed by atoms with Gasteiger partial charge in [0.1, 0.15) is 12.0 Å². The van der Waals surface area contributed by atoms with Crippen molar-refractivity contribution in [3.63, 3.8) is 0 Å². The van der Waals surface area contributed by atoms with Crippen LogP contribution in [0.2, 0.25) is 0 Å². The monoisotopic (exact) mass is 287 g/mol. The van der Waals surface area contributed by atoms with Crippen molar-refractivity contribution in [2.75, 3.05) is 12.8 Å². The molecular weight excluding hydrogens is 274 g/mol. The Bertz CT molecular complexity index is 675. The van der Waals surface area contributed by atoms with Gasteiger partial charge in [-0.15, -0.1) is 0 Å². The number of amides is 1. The van der Waals surface area contributed by atoms with Gasteiger partial charge in [-0.2, -0.15) is 0 Å². The van der Waals surface area contributed by atoms with Crippen LogP contribution >= 0.6 is 0 Å². The summed E-state index contributed by atoms with van der Waals surface area (Å²) in [5, 5.41) is 10.7. The van der Waals surface area contributed by atoms with E-state index in [1.165, 1.54) is 4.90 Å². The van der Waals surface area contributed by atoms with Crippen LogP contribution in [0.1, 0.15) is 15.9 Å². The summed E-state index contributed by atoms with van der Waals surface area (Å²) in [6, 6.07) is 4.72. The highest BCUT2D eigenvalue weighted by Gasteiger charge is 2.19. The zero-order chi connectivity index (χ0) is 15.4. The molecule has 8 nitrogen and oxygen atoms in total. The van der Waals surface area contributed by atoms with Crippen LogP contribution in [0.25, 0.3) is 0 Å². The molecule has 0 aromatic carbocycles. The third kappa shape index (κ3) is 3.30. The Kier molecular flexibility index (Phi) is 4.07. The summed E-state index contributed by atoms with van der Waals surface area (Å²) in [5.74, 6) is -0.476. The van der Waals surface area contributed by atoms with Gasteiger partial charge in [0.15, 0.2) is 0 Å². The maximum Gasteiger partial charge on any atom is 0.288 e. The van der Waals surface area contributed by atoms with Gasteiger partial charge >= 0.3 is 0 Å². The Morgan fingerprint density at radius 3 is 2.86 bits per heavy atom. The topological polar surface area (TPSA) is 115 Å². The molecule has 1 amide bonds. The van der Waals surface area contributed by atoms with E-state index in [1.54, 1.807) is 25.5 Å². The number of nitrogen functional groups attached to an aromatic ring is 1. The van der Waals surface area contributed by atoms with Gasteiger partial charge in [0.05, 0.1) is 10.5 Å². The third-order valence-corrected chi connectivity index (χ3v) is 2.83. The van der Waals surface area contributed by atoms with Crippen molar-refractivity contribution < 1.29 is 9.72 Å². The van der Waals surface area contributed by atoms with Gasteiger partial charge in [0.25, 0.3) is 11.6 Å². The molecule has 0 unspecified atom stereocenters.